The SMILES string of the molecule is COCCOCCOCCOCCOCCOCCOCCOCCOCCOCCOCCOCCOCCOCCOCCOCCOCCOCCOCCOCCOCCOCCOCCOCCC(=O)NCCC(=O)N1Cc2ccccc2C#Cc2ccccc21. The average molecular weight is 1380 g/mol. The third-order valence-corrected chi connectivity index (χ3v) is 12.9. The molecule has 0 saturated carbocycles. The molecule has 0 aromatic heterocycles. The molecule has 0 spiro atoms. The largest absolute Gasteiger partial charge is 0.382 e. The number of anilines is 1. The Morgan fingerprint density at radius 3 is 0.812 bits per heavy atom. The topological polar surface area (TPSA) is 271 Å². The Hall–Kier alpha value is -4.02. The summed E-state index contributed by atoms with van der Waals surface area (Å²) in [5.41, 5.74) is 3.44. The number of benzene rings is 2. The van der Waals surface area contributed by atoms with Crippen LogP contribution >= 0.6 is 0 Å². The van der Waals surface area contributed by atoms with Gasteiger partial charge >= 0.3 is 0 Å². The molecule has 552 valence electrons. The van der Waals surface area contributed by atoms with Crippen molar-refractivity contribution in [3.05, 3.63) is 65.2 Å². The second-order valence-corrected chi connectivity index (χ2v) is 20.3. The Morgan fingerprint density at radius 1 is 0.302 bits per heavy atom. The molecule has 96 heavy (non-hydrogen) atoms. The zero-order chi connectivity index (χ0) is 67.9. The highest BCUT2D eigenvalue weighted by molar-refractivity contribution is 5.95. The summed E-state index contributed by atoms with van der Waals surface area (Å²) >= 11 is 0. The molecule has 1 aliphatic rings. The van der Waals surface area contributed by atoms with Gasteiger partial charge in [0.1, 0.15) is 0 Å². The zero-order valence-corrected chi connectivity index (χ0v) is 57.2. The number of nitrogens with zero attached hydrogens (tertiary/aromatic N) is 1. The number of hydrogen-bond donors (Lipinski definition) is 1. The minimum atomic E-state index is -0.178. The number of carbonyl (C=O) groups excluding carboxylic acids is 2. The molecule has 2 aromatic rings. The lowest BCUT2D eigenvalue weighted by Gasteiger charge is -2.26. The van der Waals surface area contributed by atoms with E-state index in [1.165, 1.54) is 0 Å². The number of methoxy groups -OCH3 is 1. The number of rotatable bonds is 75. The second kappa shape index (κ2) is 69.5. The van der Waals surface area contributed by atoms with E-state index in [1.807, 2.05) is 48.5 Å². The first-order valence-electron chi connectivity index (χ1n) is 33.7. The summed E-state index contributed by atoms with van der Waals surface area (Å²) in [4.78, 5) is 27.5. The summed E-state index contributed by atoms with van der Waals surface area (Å²) in [7, 11) is 1.64. The number of nitrogens with one attached hydrogen (secondary N) is 1. The van der Waals surface area contributed by atoms with Crippen LogP contribution in [0, 0.1) is 11.8 Å². The number of amides is 2. The van der Waals surface area contributed by atoms with Gasteiger partial charge in [0.15, 0.2) is 0 Å². The molecule has 1 N–H and O–H groups in total. The molecule has 28 nitrogen and oxygen atoms in total. The summed E-state index contributed by atoms with van der Waals surface area (Å²) in [6.07, 6.45) is 0.352. The van der Waals surface area contributed by atoms with Gasteiger partial charge < -0.3 is 124 Å². The first-order chi connectivity index (χ1) is 47.7. The van der Waals surface area contributed by atoms with Crippen LogP contribution in [0.4, 0.5) is 5.69 Å². The van der Waals surface area contributed by atoms with Crippen molar-refractivity contribution in [3.8, 4) is 11.8 Å². The molecule has 28 heteroatoms. The minimum absolute atomic E-state index is 0.0878. The average Bonchev–Trinajstić information content (AvgIpc) is 0.815. The molecule has 1 aliphatic heterocycles. The number of hydrogen-bond acceptors (Lipinski definition) is 26. The third-order valence-electron chi connectivity index (χ3n) is 12.9. The summed E-state index contributed by atoms with van der Waals surface area (Å²) < 4.78 is 132. The molecule has 0 bridgehead atoms. The maximum Gasteiger partial charge on any atom is 0.229 e. The quantitative estimate of drug-likeness (QED) is 0.0737. The Labute approximate surface area is 569 Å². The Balaban J connectivity index is 0.869. The molecule has 0 atom stereocenters. The third kappa shape index (κ3) is 54.8. The number of carbonyl (C=O) groups is 2. The van der Waals surface area contributed by atoms with Crippen molar-refractivity contribution >= 4 is 17.5 Å². The van der Waals surface area contributed by atoms with Gasteiger partial charge in [0.25, 0.3) is 0 Å². The van der Waals surface area contributed by atoms with Crippen molar-refractivity contribution in [2.45, 2.75) is 19.4 Å². The summed E-state index contributed by atoms with van der Waals surface area (Å²) in [6.45, 7) is 23.0. The number of para-hydroxylation sites is 1. The smallest absolute Gasteiger partial charge is 0.229 e. The lowest BCUT2D eigenvalue weighted by molar-refractivity contribution is -0.122. The normalized spacial score (nSPS) is 12.0. The minimum Gasteiger partial charge on any atom is -0.382 e. The summed E-state index contributed by atoms with van der Waals surface area (Å²) in [5, 5.41) is 2.83. The molecule has 0 aliphatic carbocycles. The maximum atomic E-state index is 13.3. The van der Waals surface area contributed by atoms with Crippen LogP contribution in [0.25, 0.3) is 0 Å². The lowest BCUT2D eigenvalue weighted by Crippen LogP contribution is -2.35. The van der Waals surface area contributed by atoms with Crippen molar-refractivity contribution in [2.75, 3.05) is 329 Å². The Kier molecular flexibility index (Phi) is 62.4. The summed E-state index contributed by atoms with van der Waals surface area (Å²) in [5.74, 6) is 6.16. The van der Waals surface area contributed by atoms with E-state index in [4.69, 9.17) is 114 Å². The molecule has 2 aromatic carbocycles. The van der Waals surface area contributed by atoms with Gasteiger partial charge in [-0.05, 0) is 23.8 Å². The molecular formula is C68H114N2O26. The van der Waals surface area contributed by atoms with Gasteiger partial charge in [-0.1, -0.05) is 42.2 Å². The molecule has 0 saturated heterocycles. The monoisotopic (exact) mass is 1370 g/mol. The van der Waals surface area contributed by atoms with E-state index in [9.17, 15) is 9.59 Å². The molecule has 1 heterocycles. The van der Waals surface area contributed by atoms with E-state index < -0.39 is 0 Å². The highest BCUT2D eigenvalue weighted by Crippen LogP contribution is 2.26. The van der Waals surface area contributed by atoms with Gasteiger partial charge in [-0.25, -0.2) is 0 Å². The van der Waals surface area contributed by atoms with Gasteiger partial charge in [-0.3, -0.25) is 9.59 Å². The zero-order valence-electron chi connectivity index (χ0n) is 57.2. The number of fused-ring (bicyclic) bond motifs is 2. The molecule has 2 amide bonds. The van der Waals surface area contributed by atoms with Crippen LogP contribution in [0.15, 0.2) is 48.5 Å². The first kappa shape index (κ1) is 86.2. The predicted molar refractivity (Wildman–Crippen MR) is 353 cm³/mol. The van der Waals surface area contributed by atoms with E-state index in [-0.39, 0.29) is 37.8 Å². The molecule has 0 fully saturated rings. The highest BCUT2D eigenvalue weighted by Gasteiger charge is 2.21. The second-order valence-electron chi connectivity index (χ2n) is 20.3. The van der Waals surface area contributed by atoms with Crippen LogP contribution < -0.4 is 10.2 Å². The van der Waals surface area contributed by atoms with E-state index in [1.54, 1.807) is 12.0 Å². The number of ether oxygens (including phenoxy) is 24. The van der Waals surface area contributed by atoms with Gasteiger partial charge in [0.05, 0.1) is 323 Å². The van der Waals surface area contributed by atoms with Crippen molar-refractivity contribution in [1.29, 1.82) is 0 Å². The molecule has 0 unspecified atom stereocenters. The highest BCUT2D eigenvalue weighted by atomic mass is 16.6. The predicted octanol–water partition coefficient (Wildman–Crippen LogP) is 2.86. The maximum absolute atomic E-state index is 13.3. The van der Waals surface area contributed by atoms with Gasteiger partial charge in [-0.15, -0.1) is 0 Å². The molecular weight excluding hydrogens is 1260 g/mol. The van der Waals surface area contributed by atoms with Crippen LogP contribution in [-0.2, 0) is 130 Å². The van der Waals surface area contributed by atoms with Crippen molar-refractivity contribution in [1.82, 2.24) is 5.32 Å². The van der Waals surface area contributed by atoms with E-state index in [0.717, 1.165) is 22.4 Å². The Morgan fingerprint density at radius 2 is 0.531 bits per heavy atom. The fraction of sp³-hybridized carbons (Fsp3) is 0.765. The van der Waals surface area contributed by atoms with Gasteiger partial charge in [-0.2, -0.15) is 0 Å². The van der Waals surface area contributed by atoms with Crippen LogP contribution in [0.5, 0.6) is 0 Å². The van der Waals surface area contributed by atoms with E-state index in [2.05, 4.69) is 17.2 Å². The van der Waals surface area contributed by atoms with Crippen LogP contribution in [0.1, 0.15) is 29.5 Å². The van der Waals surface area contributed by atoms with Crippen molar-refractivity contribution in [3.63, 3.8) is 0 Å². The van der Waals surface area contributed by atoms with E-state index in [0.29, 0.717) is 310 Å². The standard InChI is InChI=1S/C68H114N2O26/c1-73-16-17-75-20-21-77-24-25-79-28-29-81-32-33-83-36-37-85-40-41-87-44-45-89-48-49-91-52-53-93-56-57-95-60-61-96-59-58-94-55-54-92-51-50-90-47-46-88-43-42-86-39-38-84-35-34-82-31-30-80-27-26-78-23-22-76-19-18-74-15-13-67(71)69-14-12-68(72)70-62-65-8-3-2-6-63(65)10-11-64-7-4-5-9-66(64)70/h2-9H,12-62H2,1H3,(H,69,71). The van der Waals surface area contributed by atoms with E-state index >= 15 is 0 Å². The fourth-order valence-corrected chi connectivity index (χ4v) is 7.99. The lowest BCUT2D eigenvalue weighted by atomic mass is 10.0. The van der Waals surface area contributed by atoms with Crippen LogP contribution in [0.2, 0.25) is 0 Å². The molecule has 3 rings (SSSR count). The van der Waals surface area contributed by atoms with Crippen molar-refractivity contribution < 1.29 is 123 Å². The van der Waals surface area contributed by atoms with Gasteiger partial charge in [0.2, 0.25) is 11.8 Å². The van der Waals surface area contributed by atoms with Crippen molar-refractivity contribution in [2.24, 2.45) is 0 Å². The summed E-state index contributed by atoms with van der Waals surface area (Å²) in [6, 6.07) is 15.4. The Bertz CT molecular complexity index is 2100. The fourth-order valence-electron chi connectivity index (χ4n) is 7.99. The van der Waals surface area contributed by atoms with Crippen LogP contribution in [-0.4, -0.2) is 336 Å². The molecule has 0 radical (unpaired) electrons. The first-order valence-corrected chi connectivity index (χ1v) is 33.7. The van der Waals surface area contributed by atoms with Crippen LogP contribution in [0.3, 0.4) is 0 Å². The van der Waals surface area contributed by atoms with Gasteiger partial charge in [0, 0.05) is 37.6 Å².